The molecule has 5 heteroatoms. The molecule has 1 aliphatic rings. The molecule has 5 nitrogen and oxygen atoms in total. The van der Waals surface area contributed by atoms with E-state index in [1.54, 1.807) is 25.8 Å². The number of carbonyl (C=O) groups excluding carboxylic acids is 2. The maximum Gasteiger partial charge on any atom is 0.242 e. The maximum absolute atomic E-state index is 12.0. The minimum atomic E-state index is -0.910. The lowest BCUT2D eigenvalue weighted by atomic mass is 10.1. The molecule has 18 heavy (non-hydrogen) atoms. The number of likely N-dealkylation sites (tertiary alicyclic amines) is 1. The first-order chi connectivity index (χ1) is 8.29. The van der Waals surface area contributed by atoms with Crippen molar-refractivity contribution in [3.05, 3.63) is 0 Å². The highest BCUT2D eigenvalue weighted by atomic mass is 16.3. The summed E-state index contributed by atoms with van der Waals surface area (Å²) in [6.07, 6.45) is 3.48. The van der Waals surface area contributed by atoms with Gasteiger partial charge in [-0.25, -0.2) is 0 Å². The Morgan fingerprint density at radius 2 is 2.06 bits per heavy atom. The summed E-state index contributed by atoms with van der Waals surface area (Å²) in [5.41, 5.74) is -0.910. The van der Waals surface area contributed by atoms with Gasteiger partial charge in [-0.1, -0.05) is 6.42 Å². The molecular formula is C13H24N2O3. The van der Waals surface area contributed by atoms with Crippen LogP contribution in [-0.2, 0) is 9.59 Å². The highest BCUT2D eigenvalue weighted by molar-refractivity contribution is 5.84. The third-order valence-corrected chi connectivity index (χ3v) is 3.05. The van der Waals surface area contributed by atoms with Crippen LogP contribution >= 0.6 is 0 Å². The largest absolute Gasteiger partial charge is 0.389 e. The Morgan fingerprint density at radius 1 is 1.39 bits per heavy atom. The monoisotopic (exact) mass is 256 g/mol. The first kappa shape index (κ1) is 15.0. The average molecular weight is 256 g/mol. The molecule has 0 atom stereocenters. The van der Waals surface area contributed by atoms with E-state index in [9.17, 15) is 14.7 Å². The second-order valence-corrected chi connectivity index (χ2v) is 5.69. The predicted molar refractivity (Wildman–Crippen MR) is 69.0 cm³/mol. The molecule has 0 aliphatic carbocycles. The van der Waals surface area contributed by atoms with Gasteiger partial charge in [-0.2, -0.15) is 0 Å². The SMILES string of the molecule is CN(CC(C)(C)O)C(=O)CN1CCCCCC1=O. The number of likely N-dealkylation sites (N-methyl/N-ethyl adjacent to an activating group) is 1. The number of hydrogen-bond acceptors (Lipinski definition) is 3. The van der Waals surface area contributed by atoms with Gasteiger partial charge in [-0.05, 0) is 26.7 Å². The Kier molecular flexibility index (Phi) is 5.14. The van der Waals surface area contributed by atoms with E-state index >= 15 is 0 Å². The van der Waals surface area contributed by atoms with Crippen LogP contribution in [0.5, 0.6) is 0 Å². The van der Waals surface area contributed by atoms with Crippen molar-refractivity contribution in [3.8, 4) is 0 Å². The van der Waals surface area contributed by atoms with E-state index in [0.29, 0.717) is 13.0 Å². The lowest BCUT2D eigenvalue weighted by molar-refractivity contribution is -0.140. The van der Waals surface area contributed by atoms with E-state index in [-0.39, 0.29) is 24.9 Å². The molecule has 0 saturated carbocycles. The molecule has 1 heterocycles. The second kappa shape index (κ2) is 6.18. The first-order valence-electron chi connectivity index (χ1n) is 6.54. The lowest BCUT2D eigenvalue weighted by Gasteiger charge is -2.28. The summed E-state index contributed by atoms with van der Waals surface area (Å²) in [5.74, 6) is -0.0510. The molecule has 0 spiro atoms. The smallest absolute Gasteiger partial charge is 0.242 e. The van der Waals surface area contributed by atoms with Crippen molar-refractivity contribution < 1.29 is 14.7 Å². The Morgan fingerprint density at radius 3 is 2.67 bits per heavy atom. The van der Waals surface area contributed by atoms with Crippen LogP contribution in [-0.4, -0.2) is 59.0 Å². The summed E-state index contributed by atoms with van der Waals surface area (Å²) >= 11 is 0. The van der Waals surface area contributed by atoms with Crippen molar-refractivity contribution in [1.82, 2.24) is 9.80 Å². The lowest BCUT2D eigenvalue weighted by Crippen LogP contribution is -2.45. The number of aliphatic hydroxyl groups is 1. The molecule has 0 bridgehead atoms. The van der Waals surface area contributed by atoms with Gasteiger partial charge in [0.1, 0.15) is 0 Å². The molecule has 1 rings (SSSR count). The molecule has 0 radical (unpaired) electrons. The van der Waals surface area contributed by atoms with Gasteiger partial charge in [0.15, 0.2) is 0 Å². The molecule has 1 saturated heterocycles. The summed E-state index contributed by atoms with van der Waals surface area (Å²) in [6, 6.07) is 0. The molecule has 104 valence electrons. The zero-order chi connectivity index (χ0) is 13.8. The molecule has 1 fully saturated rings. The highest BCUT2D eigenvalue weighted by Crippen LogP contribution is 2.11. The molecule has 0 aromatic carbocycles. The van der Waals surface area contributed by atoms with Crippen LogP contribution in [0.4, 0.5) is 0 Å². The third kappa shape index (κ3) is 5.04. The molecule has 0 aromatic heterocycles. The minimum absolute atomic E-state index is 0.0671. The van der Waals surface area contributed by atoms with Crippen LogP contribution < -0.4 is 0 Å². The van der Waals surface area contributed by atoms with Crippen LogP contribution in [0.2, 0.25) is 0 Å². The molecule has 1 aliphatic heterocycles. The van der Waals surface area contributed by atoms with Gasteiger partial charge >= 0.3 is 0 Å². The number of rotatable bonds is 4. The van der Waals surface area contributed by atoms with Crippen molar-refractivity contribution in [2.75, 3.05) is 26.7 Å². The number of amides is 2. The summed E-state index contributed by atoms with van der Waals surface area (Å²) in [5, 5.41) is 9.67. The summed E-state index contributed by atoms with van der Waals surface area (Å²) in [7, 11) is 1.66. The summed E-state index contributed by atoms with van der Waals surface area (Å²) < 4.78 is 0. The fraction of sp³-hybridized carbons (Fsp3) is 0.846. The van der Waals surface area contributed by atoms with Crippen LogP contribution in [0.15, 0.2) is 0 Å². The fourth-order valence-corrected chi connectivity index (χ4v) is 2.16. The predicted octanol–water partition coefficient (Wildman–Crippen LogP) is 0.618. The van der Waals surface area contributed by atoms with E-state index in [2.05, 4.69) is 0 Å². The Bertz CT molecular complexity index is 310. The van der Waals surface area contributed by atoms with Crippen molar-refractivity contribution in [2.24, 2.45) is 0 Å². The zero-order valence-electron chi connectivity index (χ0n) is 11.6. The van der Waals surface area contributed by atoms with Crippen LogP contribution in [0.1, 0.15) is 39.5 Å². The van der Waals surface area contributed by atoms with Gasteiger partial charge in [-0.15, -0.1) is 0 Å². The second-order valence-electron chi connectivity index (χ2n) is 5.69. The Balaban J connectivity index is 2.49. The molecule has 0 unspecified atom stereocenters. The van der Waals surface area contributed by atoms with E-state index in [4.69, 9.17) is 0 Å². The van der Waals surface area contributed by atoms with Gasteiger partial charge in [0.2, 0.25) is 11.8 Å². The van der Waals surface area contributed by atoms with Crippen molar-refractivity contribution >= 4 is 11.8 Å². The topological polar surface area (TPSA) is 60.9 Å². The fourth-order valence-electron chi connectivity index (χ4n) is 2.16. The van der Waals surface area contributed by atoms with E-state index in [0.717, 1.165) is 19.3 Å². The van der Waals surface area contributed by atoms with Gasteiger partial charge < -0.3 is 14.9 Å². The minimum Gasteiger partial charge on any atom is -0.389 e. The zero-order valence-corrected chi connectivity index (χ0v) is 11.6. The molecule has 0 aromatic rings. The molecule has 2 amide bonds. The van der Waals surface area contributed by atoms with Crippen molar-refractivity contribution in [2.45, 2.75) is 45.1 Å². The van der Waals surface area contributed by atoms with Gasteiger partial charge in [-0.3, -0.25) is 9.59 Å². The quantitative estimate of drug-likeness (QED) is 0.802. The Hall–Kier alpha value is -1.10. The summed E-state index contributed by atoms with van der Waals surface area (Å²) in [4.78, 5) is 26.9. The highest BCUT2D eigenvalue weighted by Gasteiger charge is 2.23. The van der Waals surface area contributed by atoms with Gasteiger partial charge in [0, 0.05) is 26.6 Å². The number of hydrogen-bond donors (Lipinski definition) is 1. The number of nitrogens with zero attached hydrogens (tertiary/aromatic N) is 2. The van der Waals surface area contributed by atoms with E-state index < -0.39 is 5.60 Å². The van der Waals surface area contributed by atoms with Gasteiger partial charge in [0.05, 0.1) is 12.1 Å². The molecular weight excluding hydrogens is 232 g/mol. The normalized spacial score (nSPS) is 17.6. The van der Waals surface area contributed by atoms with Crippen LogP contribution in [0.3, 0.4) is 0 Å². The first-order valence-corrected chi connectivity index (χ1v) is 6.54. The van der Waals surface area contributed by atoms with Crippen molar-refractivity contribution in [3.63, 3.8) is 0 Å². The van der Waals surface area contributed by atoms with E-state index in [1.807, 2.05) is 0 Å². The Labute approximate surface area is 109 Å². The molecule has 1 N–H and O–H groups in total. The van der Waals surface area contributed by atoms with Crippen molar-refractivity contribution in [1.29, 1.82) is 0 Å². The van der Waals surface area contributed by atoms with E-state index in [1.165, 1.54) is 4.90 Å². The van der Waals surface area contributed by atoms with Crippen LogP contribution in [0.25, 0.3) is 0 Å². The van der Waals surface area contributed by atoms with Crippen LogP contribution in [0, 0.1) is 0 Å². The maximum atomic E-state index is 12.0. The standard InChI is InChI=1S/C13H24N2O3/c1-13(2,18)10-14(3)12(17)9-15-8-6-4-5-7-11(15)16/h18H,4-10H2,1-3H3. The third-order valence-electron chi connectivity index (χ3n) is 3.05. The number of carbonyl (C=O) groups is 2. The van der Waals surface area contributed by atoms with Gasteiger partial charge in [0.25, 0.3) is 0 Å². The summed E-state index contributed by atoms with van der Waals surface area (Å²) in [6.45, 7) is 4.39. The average Bonchev–Trinajstić information content (AvgIpc) is 2.42.